The van der Waals surface area contributed by atoms with Gasteiger partial charge in [0.25, 0.3) is 0 Å². The third-order valence-corrected chi connectivity index (χ3v) is 1.62. The summed E-state index contributed by atoms with van der Waals surface area (Å²) in [4.78, 5) is 0. The summed E-state index contributed by atoms with van der Waals surface area (Å²) in [5, 5.41) is 2.53. The predicted molar refractivity (Wildman–Crippen MR) is 33.0 cm³/mol. The third-order valence-electron chi connectivity index (χ3n) is 0.921. The number of hydrogen-bond donors (Lipinski definition) is 0. The van der Waals surface area contributed by atoms with E-state index in [2.05, 4.69) is 0 Å². The van der Waals surface area contributed by atoms with Crippen LogP contribution in [-0.4, -0.2) is 6.98 Å². The minimum absolute atomic E-state index is 0. The number of thiophene rings is 1. The van der Waals surface area contributed by atoms with Gasteiger partial charge in [-0.2, -0.15) is 11.3 Å². The fraction of sp³-hybridized carbons (Fsp3) is 0. The summed E-state index contributed by atoms with van der Waals surface area (Å²) in [6.45, 7) is -4.75. The van der Waals surface area contributed by atoms with Crippen molar-refractivity contribution in [1.29, 1.82) is 0 Å². The van der Waals surface area contributed by atoms with E-state index >= 15 is 0 Å². The largest absolute Gasteiger partial charge is 1.00 e. The van der Waals surface area contributed by atoms with Gasteiger partial charge in [-0.15, -0.1) is 0 Å². The molecule has 6 heteroatoms. The molecule has 1 rings (SSSR count). The van der Waals surface area contributed by atoms with Gasteiger partial charge in [-0.25, -0.2) is 0 Å². The molecule has 0 fully saturated rings. The summed E-state index contributed by atoms with van der Waals surface area (Å²) in [5.41, 5.74) is -0.500. The van der Waals surface area contributed by atoms with E-state index in [4.69, 9.17) is 0 Å². The summed E-state index contributed by atoms with van der Waals surface area (Å²) in [6, 6.07) is 1.09. The van der Waals surface area contributed by atoms with Crippen LogP contribution in [0.1, 0.15) is 0 Å². The molecule has 0 aromatic carbocycles. The number of rotatable bonds is 1. The van der Waals surface area contributed by atoms with Crippen molar-refractivity contribution in [3.8, 4) is 0 Å². The van der Waals surface area contributed by atoms with E-state index < -0.39 is 12.4 Å². The first kappa shape index (κ1) is 11.2. The van der Waals surface area contributed by atoms with Gasteiger partial charge in [0.2, 0.25) is 0 Å². The summed E-state index contributed by atoms with van der Waals surface area (Å²) in [7, 11) is 0. The van der Waals surface area contributed by atoms with Crippen LogP contribution in [0.15, 0.2) is 16.8 Å². The summed E-state index contributed by atoms with van der Waals surface area (Å²) >= 11 is 1.06. The van der Waals surface area contributed by atoms with Gasteiger partial charge in [0.05, 0.1) is 0 Å². The van der Waals surface area contributed by atoms with Crippen LogP contribution >= 0.6 is 11.3 Å². The second-order valence-electron chi connectivity index (χ2n) is 1.63. The van der Waals surface area contributed by atoms with Crippen molar-refractivity contribution in [1.82, 2.24) is 0 Å². The molecule has 0 aliphatic rings. The average molecular weight is 190 g/mol. The van der Waals surface area contributed by atoms with Crippen molar-refractivity contribution >= 4 is 23.8 Å². The fourth-order valence-corrected chi connectivity index (χ4v) is 1.17. The second-order valence-corrected chi connectivity index (χ2v) is 2.41. The predicted octanol–water partition coefficient (Wildman–Crippen LogP) is -1.19. The van der Waals surface area contributed by atoms with Crippen LogP contribution < -0.4 is 56.8 Å². The zero-order valence-electron chi connectivity index (χ0n) is 5.35. The minimum atomic E-state index is -4.75. The molecule has 0 nitrogen and oxygen atoms in total. The van der Waals surface area contributed by atoms with Crippen LogP contribution in [0.3, 0.4) is 0 Å². The maximum Gasteiger partial charge on any atom is 1.00 e. The number of halogens is 3. The molecule has 0 bridgehead atoms. The van der Waals surface area contributed by atoms with Gasteiger partial charge in [0.1, 0.15) is 0 Å². The van der Waals surface area contributed by atoms with Gasteiger partial charge in [-0.1, -0.05) is 11.5 Å². The van der Waals surface area contributed by atoms with E-state index in [-0.39, 0.29) is 51.4 Å². The van der Waals surface area contributed by atoms with E-state index in [0.29, 0.717) is 0 Å². The molecule has 0 amide bonds. The minimum Gasteiger partial charge on any atom is -0.445 e. The van der Waals surface area contributed by atoms with Crippen molar-refractivity contribution in [2.45, 2.75) is 0 Å². The van der Waals surface area contributed by atoms with Gasteiger partial charge < -0.3 is 12.9 Å². The first-order chi connectivity index (χ1) is 4.11. The van der Waals surface area contributed by atoms with Gasteiger partial charge in [0, 0.05) is 0 Å². The smallest absolute Gasteiger partial charge is 0.445 e. The van der Waals surface area contributed by atoms with E-state index in [9.17, 15) is 12.9 Å². The van der Waals surface area contributed by atoms with E-state index in [1.165, 1.54) is 5.38 Å². The summed E-state index contributed by atoms with van der Waals surface area (Å²) in [5.74, 6) is 0. The Bertz CT molecular complexity index is 183. The van der Waals surface area contributed by atoms with E-state index in [1.807, 2.05) is 0 Å². The molecule has 0 saturated carbocycles. The summed E-state index contributed by atoms with van der Waals surface area (Å²) < 4.78 is 35.1. The molecule has 1 aromatic heterocycles. The molecule has 10 heavy (non-hydrogen) atoms. The maximum absolute atomic E-state index is 11.7. The molecule has 50 valence electrons. The van der Waals surface area contributed by atoms with Crippen molar-refractivity contribution in [2.75, 3.05) is 0 Å². The van der Waals surface area contributed by atoms with Crippen molar-refractivity contribution in [3.63, 3.8) is 0 Å². The Morgan fingerprint density at radius 1 is 1.30 bits per heavy atom. The van der Waals surface area contributed by atoms with Crippen molar-refractivity contribution < 1.29 is 64.3 Å². The van der Waals surface area contributed by atoms with Crippen LogP contribution in [0.4, 0.5) is 12.9 Å². The van der Waals surface area contributed by atoms with Gasteiger partial charge in [-0.3, -0.25) is 0 Å². The standard InChI is InChI=1S/C4H3BF3S.K/c6-5(7,8)4-1-2-9-3-4;/h1-3H;/q-1;+1. The van der Waals surface area contributed by atoms with Gasteiger partial charge in [0.15, 0.2) is 0 Å². The topological polar surface area (TPSA) is 0 Å². The molecular weight excluding hydrogens is 187 g/mol. The first-order valence-corrected chi connectivity index (χ1v) is 3.27. The molecule has 0 spiro atoms. The molecule has 1 heterocycles. The molecule has 1 aromatic rings. The van der Waals surface area contributed by atoms with Crippen LogP contribution in [0, 0.1) is 0 Å². The zero-order chi connectivity index (χ0) is 6.91. The molecule has 0 unspecified atom stereocenters. The van der Waals surface area contributed by atoms with Crippen LogP contribution in [0.5, 0.6) is 0 Å². The Morgan fingerprint density at radius 2 is 1.90 bits per heavy atom. The Labute approximate surface area is 103 Å². The Kier molecular flexibility index (Phi) is 4.78. The molecular formula is C4H3BF3KS. The molecule has 0 aliphatic heterocycles. The van der Waals surface area contributed by atoms with E-state index in [1.54, 1.807) is 0 Å². The van der Waals surface area contributed by atoms with Gasteiger partial charge >= 0.3 is 58.4 Å². The van der Waals surface area contributed by atoms with Crippen LogP contribution in [0.25, 0.3) is 0 Å². The SMILES string of the molecule is F[B-](F)(F)c1ccsc1.[K+]. The van der Waals surface area contributed by atoms with E-state index in [0.717, 1.165) is 22.8 Å². The Hall–Kier alpha value is 1.19. The summed E-state index contributed by atoms with van der Waals surface area (Å²) in [6.07, 6.45) is 0. The van der Waals surface area contributed by atoms with Crippen LogP contribution in [0.2, 0.25) is 0 Å². The average Bonchev–Trinajstić information content (AvgIpc) is 2.08. The monoisotopic (exact) mass is 190 g/mol. The first-order valence-electron chi connectivity index (χ1n) is 2.33. The molecule has 0 radical (unpaired) electrons. The van der Waals surface area contributed by atoms with Crippen molar-refractivity contribution in [3.05, 3.63) is 16.8 Å². The molecule has 0 saturated heterocycles. The maximum atomic E-state index is 11.7. The van der Waals surface area contributed by atoms with Gasteiger partial charge in [-0.05, 0) is 10.8 Å². The third kappa shape index (κ3) is 3.06. The zero-order valence-corrected chi connectivity index (χ0v) is 9.29. The molecule has 0 atom stereocenters. The Balaban J connectivity index is 0.000000810. The quantitative estimate of drug-likeness (QED) is 0.488. The Morgan fingerprint density at radius 3 is 2.10 bits per heavy atom. The normalized spacial score (nSPS) is 10.7. The number of hydrogen-bond acceptors (Lipinski definition) is 1. The van der Waals surface area contributed by atoms with Crippen molar-refractivity contribution in [2.24, 2.45) is 0 Å². The molecule has 0 N–H and O–H groups in total. The van der Waals surface area contributed by atoms with Crippen LogP contribution in [-0.2, 0) is 0 Å². The fourth-order valence-electron chi connectivity index (χ4n) is 0.461. The molecule has 0 aliphatic carbocycles. The second kappa shape index (κ2) is 4.28.